The SMILES string of the molecule is CCCNC(c1ccc[nH]1)c1ccc(Cl)cc1Cl. The predicted molar refractivity (Wildman–Crippen MR) is 77.4 cm³/mol. The standard InChI is InChI=1S/C14H16Cl2N2/c1-2-7-18-14(13-4-3-8-17-13)11-6-5-10(15)9-12(11)16/h3-6,8-9,14,17-18H,2,7H2,1H3. The minimum Gasteiger partial charge on any atom is -0.363 e. The zero-order valence-electron chi connectivity index (χ0n) is 10.2. The minimum atomic E-state index is 0.0738. The number of hydrogen-bond donors (Lipinski definition) is 2. The Morgan fingerprint density at radius 1 is 1.28 bits per heavy atom. The van der Waals surface area contributed by atoms with Crippen LogP contribution in [-0.4, -0.2) is 11.5 Å². The second kappa shape index (κ2) is 6.28. The molecule has 96 valence electrons. The zero-order chi connectivity index (χ0) is 13.0. The van der Waals surface area contributed by atoms with Gasteiger partial charge in [-0.15, -0.1) is 0 Å². The number of aromatic amines is 1. The van der Waals surface area contributed by atoms with Crippen molar-refractivity contribution in [3.05, 3.63) is 57.8 Å². The lowest BCUT2D eigenvalue weighted by molar-refractivity contribution is 0.589. The van der Waals surface area contributed by atoms with E-state index in [9.17, 15) is 0 Å². The third kappa shape index (κ3) is 3.08. The highest BCUT2D eigenvalue weighted by Crippen LogP contribution is 2.29. The largest absolute Gasteiger partial charge is 0.363 e. The van der Waals surface area contributed by atoms with Gasteiger partial charge in [-0.1, -0.05) is 36.2 Å². The Labute approximate surface area is 117 Å². The maximum absolute atomic E-state index is 6.28. The third-order valence-electron chi connectivity index (χ3n) is 2.80. The fourth-order valence-electron chi connectivity index (χ4n) is 1.94. The number of halogens is 2. The Kier molecular flexibility index (Phi) is 4.70. The molecular weight excluding hydrogens is 267 g/mol. The van der Waals surface area contributed by atoms with E-state index < -0.39 is 0 Å². The summed E-state index contributed by atoms with van der Waals surface area (Å²) >= 11 is 12.2. The summed E-state index contributed by atoms with van der Waals surface area (Å²) in [4.78, 5) is 3.23. The van der Waals surface area contributed by atoms with Gasteiger partial charge < -0.3 is 10.3 Å². The lowest BCUT2D eigenvalue weighted by atomic mass is 10.0. The van der Waals surface area contributed by atoms with Crippen molar-refractivity contribution in [1.29, 1.82) is 0 Å². The van der Waals surface area contributed by atoms with Gasteiger partial charge in [-0.2, -0.15) is 0 Å². The summed E-state index contributed by atoms with van der Waals surface area (Å²) in [5.41, 5.74) is 2.14. The molecule has 0 bridgehead atoms. The molecule has 0 amide bonds. The smallest absolute Gasteiger partial charge is 0.0743 e. The Balaban J connectivity index is 2.33. The van der Waals surface area contributed by atoms with Crippen LogP contribution in [0.15, 0.2) is 36.5 Å². The van der Waals surface area contributed by atoms with Crippen LogP contribution in [0.5, 0.6) is 0 Å². The summed E-state index contributed by atoms with van der Waals surface area (Å²) in [6.45, 7) is 3.07. The number of benzene rings is 1. The highest BCUT2D eigenvalue weighted by Gasteiger charge is 2.17. The van der Waals surface area contributed by atoms with Crippen molar-refractivity contribution in [2.45, 2.75) is 19.4 Å². The average Bonchev–Trinajstić information content (AvgIpc) is 2.85. The van der Waals surface area contributed by atoms with Crippen molar-refractivity contribution in [3.63, 3.8) is 0 Å². The monoisotopic (exact) mass is 282 g/mol. The Morgan fingerprint density at radius 2 is 2.11 bits per heavy atom. The molecule has 2 aromatic rings. The van der Waals surface area contributed by atoms with E-state index >= 15 is 0 Å². The number of H-pyrrole nitrogens is 1. The summed E-state index contributed by atoms with van der Waals surface area (Å²) in [5.74, 6) is 0. The van der Waals surface area contributed by atoms with E-state index in [1.165, 1.54) is 0 Å². The second-order valence-corrected chi connectivity index (χ2v) is 5.02. The summed E-state index contributed by atoms with van der Waals surface area (Å²) in [6.07, 6.45) is 2.99. The van der Waals surface area contributed by atoms with Crippen molar-refractivity contribution in [2.24, 2.45) is 0 Å². The van der Waals surface area contributed by atoms with Gasteiger partial charge in [0.25, 0.3) is 0 Å². The molecule has 2 N–H and O–H groups in total. The third-order valence-corrected chi connectivity index (χ3v) is 3.37. The van der Waals surface area contributed by atoms with Crippen LogP contribution in [0.2, 0.25) is 10.0 Å². The van der Waals surface area contributed by atoms with Crippen LogP contribution in [-0.2, 0) is 0 Å². The molecule has 0 saturated heterocycles. The summed E-state index contributed by atoms with van der Waals surface area (Å²) < 4.78 is 0. The lowest BCUT2D eigenvalue weighted by Gasteiger charge is -2.19. The number of rotatable bonds is 5. The quantitative estimate of drug-likeness (QED) is 0.835. The topological polar surface area (TPSA) is 27.8 Å². The molecule has 1 atom stereocenters. The molecule has 1 aromatic carbocycles. The molecule has 0 saturated carbocycles. The van der Waals surface area contributed by atoms with Gasteiger partial charge in [0.15, 0.2) is 0 Å². The molecule has 0 fully saturated rings. The van der Waals surface area contributed by atoms with Gasteiger partial charge in [0, 0.05) is 21.9 Å². The maximum atomic E-state index is 6.28. The summed E-state index contributed by atoms with van der Waals surface area (Å²) in [6, 6.07) is 9.73. The molecule has 0 radical (unpaired) electrons. The maximum Gasteiger partial charge on any atom is 0.0743 e. The van der Waals surface area contributed by atoms with Gasteiger partial charge in [-0.3, -0.25) is 0 Å². The van der Waals surface area contributed by atoms with E-state index in [4.69, 9.17) is 23.2 Å². The second-order valence-electron chi connectivity index (χ2n) is 4.18. The van der Waals surface area contributed by atoms with E-state index in [-0.39, 0.29) is 6.04 Å². The van der Waals surface area contributed by atoms with Crippen molar-refractivity contribution < 1.29 is 0 Å². The van der Waals surface area contributed by atoms with Crippen LogP contribution in [0.3, 0.4) is 0 Å². The minimum absolute atomic E-state index is 0.0738. The normalized spacial score (nSPS) is 12.6. The average molecular weight is 283 g/mol. The van der Waals surface area contributed by atoms with Gasteiger partial charge in [-0.25, -0.2) is 0 Å². The van der Waals surface area contributed by atoms with E-state index in [1.807, 2.05) is 24.4 Å². The van der Waals surface area contributed by atoms with E-state index in [2.05, 4.69) is 23.3 Å². The molecule has 18 heavy (non-hydrogen) atoms. The lowest BCUT2D eigenvalue weighted by Crippen LogP contribution is -2.23. The fraction of sp³-hybridized carbons (Fsp3) is 0.286. The fourth-order valence-corrected chi connectivity index (χ4v) is 2.45. The molecule has 2 nitrogen and oxygen atoms in total. The number of aromatic nitrogens is 1. The molecule has 0 aliphatic rings. The summed E-state index contributed by atoms with van der Waals surface area (Å²) in [5, 5.41) is 4.83. The van der Waals surface area contributed by atoms with Crippen LogP contribution in [0.4, 0.5) is 0 Å². The van der Waals surface area contributed by atoms with Gasteiger partial charge in [0.2, 0.25) is 0 Å². The molecule has 1 unspecified atom stereocenters. The summed E-state index contributed by atoms with van der Waals surface area (Å²) in [7, 11) is 0. The zero-order valence-corrected chi connectivity index (χ0v) is 11.7. The first kappa shape index (κ1) is 13.5. The van der Waals surface area contributed by atoms with Gasteiger partial charge >= 0.3 is 0 Å². The first-order chi connectivity index (χ1) is 8.72. The van der Waals surface area contributed by atoms with Gasteiger partial charge in [0.05, 0.1) is 6.04 Å². The van der Waals surface area contributed by atoms with E-state index in [0.29, 0.717) is 10.0 Å². The molecule has 0 aliphatic heterocycles. The Hall–Kier alpha value is -0.960. The molecule has 0 aliphatic carbocycles. The first-order valence-electron chi connectivity index (χ1n) is 6.04. The van der Waals surface area contributed by atoms with Crippen LogP contribution < -0.4 is 5.32 Å². The predicted octanol–water partition coefficient (Wildman–Crippen LogP) is 4.41. The number of hydrogen-bond acceptors (Lipinski definition) is 1. The molecule has 1 heterocycles. The van der Waals surface area contributed by atoms with Gasteiger partial charge in [-0.05, 0) is 42.8 Å². The highest BCUT2D eigenvalue weighted by atomic mass is 35.5. The molecule has 1 aromatic heterocycles. The van der Waals surface area contributed by atoms with Crippen LogP contribution in [0.25, 0.3) is 0 Å². The van der Waals surface area contributed by atoms with Crippen molar-refractivity contribution in [1.82, 2.24) is 10.3 Å². The van der Waals surface area contributed by atoms with E-state index in [0.717, 1.165) is 24.2 Å². The van der Waals surface area contributed by atoms with Crippen molar-refractivity contribution in [3.8, 4) is 0 Å². The van der Waals surface area contributed by atoms with Crippen LogP contribution >= 0.6 is 23.2 Å². The molecule has 2 rings (SSSR count). The van der Waals surface area contributed by atoms with Crippen molar-refractivity contribution >= 4 is 23.2 Å². The van der Waals surface area contributed by atoms with Crippen molar-refractivity contribution in [2.75, 3.05) is 6.54 Å². The molecular formula is C14H16Cl2N2. The highest BCUT2D eigenvalue weighted by molar-refractivity contribution is 6.35. The van der Waals surface area contributed by atoms with E-state index in [1.54, 1.807) is 6.07 Å². The van der Waals surface area contributed by atoms with Crippen LogP contribution in [0.1, 0.15) is 30.6 Å². The first-order valence-corrected chi connectivity index (χ1v) is 6.79. The Morgan fingerprint density at radius 3 is 2.72 bits per heavy atom. The molecule has 0 spiro atoms. The van der Waals surface area contributed by atoms with Gasteiger partial charge in [0.1, 0.15) is 0 Å². The number of nitrogens with one attached hydrogen (secondary N) is 2. The Bertz CT molecular complexity index is 495. The van der Waals surface area contributed by atoms with Crippen LogP contribution in [0, 0.1) is 0 Å². The molecule has 4 heteroatoms.